The zero-order valence-electron chi connectivity index (χ0n) is 5.46. The van der Waals surface area contributed by atoms with Crippen LogP contribution in [0, 0.1) is 5.92 Å². The molecular formula is C6H13NO. The van der Waals surface area contributed by atoms with E-state index in [-0.39, 0.29) is 0 Å². The van der Waals surface area contributed by atoms with Crippen LogP contribution >= 0.6 is 0 Å². The van der Waals surface area contributed by atoms with Crippen LogP contribution in [-0.4, -0.2) is 36.8 Å². The molecule has 0 spiro atoms. The highest BCUT2D eigenvalue weighted by Crippen LogP contribution is 2.32. The normalized spacial score (nSPS) is 36.0. The fourth-order valence-corrected chi connectivity index (χ4v) is 1.06. The van der Waals surface area contributed by atoms with Crippen LogP contribution in [0.2, 0.25) is 0 Å². The standard InChI is InChI=1S/C6H13NO/c1-7(2)6-3-5(6)4-8/h5-6,8H,3-4H2,1-2H3. The molecule has 1 fully saturated rings. The molecule has 8 heavy (non-hydrogen) atoms. The van der Waals surface area contributed by atoms with E-state index in [1.165, 1.54) is 6.42 Å². The summed E-state index contributed by atoms with van der Waals surface area (Å²) in [5, 5.41) is 8.60. The first-order valence-electron chi connectivity index (χ1n) is 3.03. The number of aliphatic hydroxyl groups is 1. The zero-order chi connectivity index (χ0) is 6.15. The maximum Gasteiger partial charge on any atom is 0.0474 e. The molecule has 0 heterocycles. The molecule has 2 unspecified atom stereocenters. The molecule has 2 atom stereocenters. The van der Waals surface area contributed by atoms with Crippen molar-refractivity contribution in [2.24, 2.45) is 5.92 Å². The molecule has 0 aliphatic heterocycles. The molecule has 0 aromatic carbocycles. The second kappa shape index (κ2) is 2.03. The van der Waals surface area contributed by atoms with Crippen LogP contribution in [0.4, 0.5) is 0 Å². The van der Waals surface area contributed by atoms with Gasteiger partial charge in [-0.3, -0.25) is 0 Å². The Morgan fingerprint density at radius 1 is 1.62 bits per heavy atom. The van der Waals surface area contributed by atoms with Crippen LogP contribution in [-0.2, 0) is 0 Å². The maximum absolute atomic E-state index is 8.60. The van der Waals surface area contributed by atoms with E-state index >= 15 is 0 Å². The molecule has 1 saturated carbocycles. The Morgan fingerprint density at radius 3 is 2.38 bits per heavy atom. The van der Waals surface area contributed by atoms with Gasteiger partial charge in [0.15, 0.2) is 0 Å². The lowest BCUT2D eigenvalue weighted by Crippen LogP contribution is -2.16. The van der Waals surface area contributed by atoms with Crippen LogP contribution in [0.15, 0.2) is 0 Å². The Morgan fingerprint density at radius 2 is 2.25 bits per heavy atom. The van der Waals surface area contributed by atoms with E-state index in [4.69, 9.17) is 5.11 Å². The van der Waals surface area contributed by atoms with E-state index < -0.39 is 0 Å². The predicted octanol–water partition coefficient (Wildman–Crippen LogP) is -0.0712. The smallest absolute Gasteiger partial charge is 0.0474 e. The fraction of sp³-hybridized carbons (Fsp3) is 1.00. The summed E-state index contributed by atoms with van der Waals surface area (Å²) in [6.07, 6.45) is 1.18. The lowest BCUT2D eigenvalue weighted by Gasteiger charge is -2.06. The third-order valence-electron chi connectivity index (χ3n) is 1.78. The van der Waals surface area contributed by atoms with Crippen LogP contribution in [0.5, 0.6) is 0 Å². The van der Waals surface area contributed by atoms with Gasteiger partial charge < -0.3 is 10.0 Å². The lowest BCUT2D eigenvalue weighted by molar-refractivity contribution is 0.253. The summed E-state index contributed by atoms with van der Waals surface area (Å²) in [7, 11) is 4.11. The molecule has 0 radical (unpaired) electrons. The average molecular weight is 115 g/mol. The van der Waals surface area contributed by atoms with E-state index in [2.05, 4.69) is 19.0 Å². The zero-order valence-corrected chi connectivity index (χ0v) is 5.46. The first-order chi connectivity index (χ1) is 3.75. The van der Waals surface area contributed by atoms with Gasteiger partial charge in [0.05, 0.1) is 0 Å². The van der Waals surface area contributed by atoms with Crippen molar-refractivity contribution in [2.45, 2.75) is 12.5 Å². The Labute approximate surface area is 50.1 Å². The van der Waals surface area contributed by atoms with Gasteiger partial charge in [0.2, 0.25) is 0 Å². The van der Waals surface area contributed by atoms with Gasteiger partial charge in [0, 0.05) is 12.6 Å². The first kappa shape index (κ1) is 6.05. The second-order valence-electron chi connectivity index (χ2n) is 2.71. The van der Waals surface area contributed by atoms with Crippen molar-refractivity contribution in [2.75, 3.05) is 20.7 Å². The van der Waals surface area contributed by atoms with Gasteiger partial charge in [0.25, 0.3) is 0 Å². The molecule has 2 heteroatoms. The first-order valence-corrected chi connectivity index (χ1v) is 3.03. The fourth-order valence-electron chi connectivity index (χ4n) is 1.06. The highest BCUT2D eigenvalue weighted by molar-refractivity contribution is 4.91. The van der Waals surface area contributed by atoms with Crippen molar-refractivity contribution >= 4 is 0 Å². The molecule has 1 aliphatic carbocycles. The summed E-state index contributed by atoms with van der Waals surface area (Å²) in [6.45, 7) is 0.364. The van der Waals surface area contributed by atoms with E-state index in [1.54, 1.807) is 0 Å². The minimum absolute atomic E-state index is 0.364. The van der Waals surface area contributed by atoms with Crippen LogP contribution < -0.4 is 0 Å². The van der Waals surface area contributed by atoms with Crippen LogP contribution in [0.25, 0.3) is 0 Å². The second-order valence-corrected chi connectivity index (χ2v) is 2.71. The van der Waals surface area contributed by atoms with Crippen molar-refractivity contribution in [1.82, 2.24) is 4.90 Å². The van der Waals surface area contributed by atoms with Crippen molar-refractivity contribution < 1.29 is 5.11 Å². The highest BCUT2D eigenvalue weighted by atomic mass is 16.3. The van der Waals surface area contributed by atoms with E-state index in [0.29, 0.717) is 18.6 Å². The van der Waals surface area contributed by atoms with E-state index in [0.717, 1.165) is 0 Å². The van der Waals surface area contributed by atoms with Crippen molar-refractivity contribution in [1.29, 1.82) is 0 Å². The van der Waals surface area contributed by atoms with Gasteiger partial charge in [-0.05, 0) is 26.4 Å². The van der Waals surface area contributed by atoms with Crippen LogP contribution in [0.3, 0.4) is 0 Å². The monoisotopic (exact) mass is 115 g/mol. The average Bonchev–Trinajstić information content (AvgIpc) is 2.42. The minimum atomic E-state index is 0.364. The quantitative estimate of drug-likeness (QED) is 0.544. The van der Waals surface area contributed by atoms with Crippen molar-refractivity contribution in [3.8, 4) is 0 Å². The number of hydrogen-bond donors (Lipinski definition) is 1. The molecule has 0 saturated heterocycles. The number of rotatable bonds is 2. The maximum atomic E-state index is 8.60. The molecule has 1 aliphatic rings. The van der Waals surface area contributed by atoms with Gasteiger partial charge in [-0.1, -0.05) is 0 Å². The van der Waals surface area contributed by atoms with E-state index in [9.17, 15) is 0 Å². The van der Waals surface area contributed by atoms with Crippen molar-refractivity contribution in [3.63, 3.8) is 0 Å². The molecule has 0 aromatic heterocycles. The van der Waals surface area contributed by atoms with Crippen molar-refractivity contribution in [3.05, 3.63) is 0 Å². The summed E-state index contributed by atoms with van der Waals surface area (Å²) < 4.78 is 0. The Hall–Kier alpha value is -0.0800. The molecule has 0 bridgehead atoms. The number of hydrogen-bond acceptors (Lipinski definition) is 2. The summed E-state index contributed by atoms with van der Waals surface area (Å²) >= 11 is 0. The minimum Gasteiger partial charge on any atom is -0.396 e. The van der Waals surface area contributed by atoms with Gasteiger partial charge >= 0.3 is 0 Å². The van der Waals surface area contributed by atoms with E-state index in [1.807, 2.05) is 0 Å². The third-order valence-corrected chi connectivity index (χ3v) is 1.78. The largest absolute Gasteiger partial charge is 0.396 e. The third kappa shape index (κ3) is 1.01. The van der Waals surface area contributed by atoms with Gasteiger partial charge in [-0.25, -0.2) is 0 Å². The highest BCUT2D eigenvalue weighted by Gasteiger charge is 2.37. The summed E-state index contributed by atoms with van der Waals surface area (Å²) in [5.41, 5.74) is 0. The number of nitrogens with zero attached hydrogens (tertiary/aromatic N) is 1. The summed E-state index contributed by atoms with van der Waals surface area (Å²) in [5.74, 6) is 0.574. The topological polar surface area (TPSA) is 23.5 Å². The molecule has 0 amide bonds. The Balaban J connectivity index is 2.16. The van der Waals surface area contributed by atoms with Crippen LogP contribution in [0.1, 0.15) is 6.42 Å². The van der Waals surface area contributed by atoms with Gasteiger partial charge in [-0.15, -0.1) is 0 Å². The Kier molecular flexibility index (Phi) is 1.54. The predicted molar refractivity (Wildman–Crippen MR) is 32.7 cm³/mol. The summed E-state index contributed by atoms with van der Waals surface area (Å²) in [6, 6.07) is 0.667. The molecular weight excluding hydrogens is 102 g/mol. The van der Waals surface area contributed by atoms with Gasteiger partial charge in [0.1, 0.15) is 0 Å². The lowest BCUT2D eigenvalue weighted by atomic mass is 10.4. The number of aliphatic hydroxyl groups excluding tert-OH is 1. The van der Waals surface area contributed by atoms with Gasteiger partial charge in [-0.2, -0.15) is 0 Å². The molecule has 0 aromatic rings. The molecule has 2 nitrogen and oxygen atoms in total. The molecule has 1 rings (SSSR count). The SMILES string of the molecule is CN(C)C1CC1CO. The molecule has 48 valence electrons. The Bertz CT molecular complexity index is 82.6. The molecule has 1 N–H and O–H groups in total. The summed E-state index contributed by atoms with van der Waals surface area (Å²) in [4.78, 5) is 2.17.